The lowest BCUT2D eigenvalue weighted by Crippen LogP contribution is -2.39. The summed E-state index contributed by atoms with van der Waals surface area (Å²) in [6, 6.07) is 21.0. The van der Waals surface area contributed by atoms with Crippen molar-refractivity contribution in [3.05, 3.63) is 72.8 Å². The normalized spacial score (nSPS) is 16.7. The first kappa shape index (κ1) is 33.4. The minimum atomic E-state index is -3.77. The number of ether oxygens (including phenoxy) is 3. The number of anilines is 1. The van der Waals surface area contributed by atoms with Crippen molar-refractivity contribution >= 4 is 73.1 Å². The molecule has 0 saturated carbocycles. The number of carbonyl (C=O) groups is 3. The standard InChI is InChI=1S/C26H28N2O6S2.C3H5BrO2/c1-33-25(29)18-27(21-9-3-2-4-10-21)26(30)34-14-13-22-16-23(35)17-28(22)36(31,32)24-12-11-19-7-5-6-8-20(19)15-24;1-6-3(5)2-4/h2-12,15,22-23,35H,13-14,16-18H2,1H3;2H2,1H3/t22-,23-;/m1./s1. The number of fused-ring (bicyclic) bond motifs is 1. The highest BCUT2D eigenvalue weighted by Crippen LogP contribution is 2.31. The number of methoxy groups -OCH3 is 2. The number of alkyl halides is 1. The van der Waals surface area contributed by atoms with Gasteiger partial charge in [0.2, 0.25) is 10.0 Å². The number of thiol groups is 1. The van der Waals surface area contributed by atoms with Crippen LogP contribution in [0.25, 0.3) is 10.8 Å². The van der Waals surface area contributed by atoms with E-state index < -0.39 is 22.1 Å². The molecule has 1 heterocycles. The maximum Gasteiger partial charge on any atom is 0.414 e. The lowest BCUT2D eigenvalue weighted by molar-refractivity contribution is -0.139. The molecular weight excluding hydrogens is 648 g/mol. The van der Waals surface area contributed by atoms with E-state index in [1.54, 1.807) is 48.5 Å². The first-order valence-electron chi connectivity index (χ1n) is 13.0. The molecule has 1 aliphatic rings. The Morgan fingerprint density at radius 3 is 2.21 bits per heavy atom. The van der Waals surface area contributed by atoms with Crippen LogP contribution in [0.4, 0.5) is 10.5 Å². The van der Waals surface area contributed by atoms with Crippen molar-refractivity contribution in [2.24, 2.45) is 0 Å². The predicted octanol–water partition coefficient (Wildman–Crippen LogP) is 4.66. The third kappa shape index (κ3) is 8.93. The zero-order valence-electron chi connectivity index (χ0n) is 23.2. The fourth-order valence-electron chi connectivity index (χ4n) is 4.36. The largest absolute Gasteiger partial charge is 0.468 e. The third-order valence-electron chi connectivity index (χ3n) is 6.49. The lowest BCUT2D eigenvalue weighted by atomic mass is 10.1. The van der Waals surface area contributed by atoms with Crippen LogP contribution < -0.4 is 4.90 Å². The molecule has 4 rings (SSSR count). The van der Waals surface area contributed by atoms with Crippen molar-refractivity contribution in [3.8, 4) is 0 Å². The minimum absolute atomic E-state index is 0.0156. The number of carbonyl (C=O) groups excluding carboxylic acids is 3. The van der Waals surface area contributed by atoms with E-state index in [9.17, 15) is 22.8 Å². The molecule has 0 N–H and O–H groups in total. The van der Waals surface area contributed by atoms with E-state index in [2.05, 4.69) is 33.3 Å². The molecule has 0 unspecified atom stereocenters. The molecule has 226 valence electrons. The van der Waals surface area contributed by atoms with E-state index in [0.29, 0.717) is 18.5 Å². The molecule has 0 bridgehead atoms. The zero-order valence-corrected chi connectivity index (χ0v) is 26.5. The van der Waals surface area contributed by atoms with Gasteiger partial charge in [-0.15, -0.1) is 0 Å². The van der Waals surface area contributed by atoms with Gasteiger partial charge in [0.05, 0.1) is 25.7 Å². The van der Waals surface area contributed by atoms with Crippen molar-refractivity contribution < 1.29 is 37.0 Å². The molecule has 0 aromatic heterocycles. The molecule has 1 amide bonds. The molecule has 10 nitrogen and oxygen atoms in total. The molecule has 0 spiro atoms. The van der Waals surface area contributed by atoms with Crippen LogP contribution in [-0.4, -0.2) is 81.3 Å². The first-order valence-corrected chi connectivity index (χ1v) is 16.1. The predicted molar refractivity (Wildman–Crippen MR) is 167 cm³/mol. The molecule has 2 atom stereocenters. The van der Waals surface area contributed by atoms with Gasteiger partial charge in [-0.25, -0.2) is 13.2 Å². The molecule has 3 aromatic carbocycles. The quantitative estimate of drug-likeness (QED) is 0.150. The highest BCUT2D eigenvalue weighted by Gasteiger charge is 2.39. The summed E-state index contributed by atoms with van der Waals surface area (Å²) in [5.74, 6) is -0.827. The SMILES string of the molecule is COC(=O)CBr.COC(=O)CN(C(=O)OCC[C@@H]1C[C@@H](S)CN1S(=O)(=O)c1ccc2ccccc2c1)c1ccccc1. The van der Waals surface area contributed by atoms with Crippen LogP contribution in [0.1, 0.15) is 12.8 Å². The first-order chi connectivity index (χ1) is 20.1. The van der Waals surface area contributed by atoms with Crippen LogP contribution in [0.3, 0.4) is 0 Å². The van der Waals surface area contributed by atoms with Gasteiger partial charge in [0, 0.05) is 23.5 Å². The number of sulfonamides is 1. The Morgan fingerprint density at radius 1 is 0.952 bits per heavy atom. The van der Waals surface area contributed by atoms with Crippen LogP contribution in [0.2, 0.25) is 0 Å². The van der Waals surface area contributed by atoms with E-state index in [1.807, 2.05) is 24.3 Å². The van der Waals surface area contributed by atoms with Crippen molar-refractivity contribution in [1.29, 1.82) is 0 Å². The lowest BCUT2D eigenvalue weighted by Gasteiger charge is -2.25. The molecule has 0 aliphatic carbocycles. The van der Waals surface area contributed by atoms with Gasteiger partial charge in [0.1, 0.15) is 11.9 Å². The van der Waals surface area contributed by atoms with Crippen LogP contribution >= 0.6 is 28.6 Å². The van der Waals surface area contributed by atoms with E-state index >= 15 is 0 Å². The van der Waals surface area contributed by atoms with Crippen molar-refractivity contribution in [3.63, 3.8) is 0 Å². The van der Waals surface area contributed by atoms with Gasteiger partial charge in [0.25, 0.3) is 0 Å². The number of hydrogen-bond donors (Lipinski definition) is 1. The highest BCUT2D eigenvalue weighted by atomic mass is 79.9. The van der Waals surface area contributed by atoms with Gasteiger partial charge in [-0.2, -0.15) is 16.9 Å². The summed E-state index contributed by atoms with van der Waals surface area (Å²) in [5.41, 5.74) is 0.490. The molecule has 1 saturated heterocycles. The fraction of sp³-hybridized carbons (Fsp3) is 0.345. The fourth-order valence-corrected chi connectivity index (χ4v) is 6.87. The number of hydrogen-bond acceptors (Lipinski definition) is 9. The van der Waals surface area contributed by atoms with Crippen molar-refractivity contribution in [2.75, 3.05) is 44.1 Å². The van der Waals surface area contributed by atoms with Crippen LogP contribution in [0, 0.1) is 0 Å². The summed E-state index contributed by atoms with van der Waals surface area (Å²) in [6.07, 6.45) is 0.130. The molecule has 0 radical (unpaired) electrons. The Kier molecular flexibility index (Phi) is 12.6. The molecule has 3 aromatic rings. The summed E-state index contributed by atoms with van der Waals surface area (Å²) in [5, 5.41) is 1.96. The summed E-state index contributed by atoms with van der Waals surface area (Å²) < 4.78 is 42.8. The van der Waals surface area contributed by atoms with Gasteiger partial charge < -0.3 is 14.2 Å². The number of para-hydroxylation sites is 1. The van der Waals surface area contributed by atoms with Gasteiger partial charge in [-0.05, 0) is 47.9 Å². The van der Waals surface area contributed by atoms with Crippen LogP contribution in [-0.2, 0) is 33.8 Å². The summed E-state index contributed by atoms with van der Waals surface area (Å²) in [7, 11) is -1.17. The van der Waals surface area contributed by atoms with Gasteiger partial charge in [0.15, 0.2) is 0 Å². The Labute approximate surface area is 259 Å². The second-order valence-electron chi connectivity index (χ2n) is 9.24. The summed E-state index contributed by atoms with van der Waals surface area (Å²) in [4.78, 5) is 36.0. The number of rotatable bonds is 9. The highest BCUT2D eigenvalue weighted by molar-refractivity contribution is 9.09. The number of esters is 2. The average molecular weight is 682 g/mol. The Hall–Kier alpha value is -3.13. The summed E-state index contributed by atoms with van der Waals surface area (Å²) >= 11 is 7.43. The van der Waals surface area contributed by atoms with E-state index in [0.717, 1.165) is 10.8 Å². The Morgan fingerprint density at radius 2 is 1.60 bits per heavy atom. The van der Waals surface area contributed by atoms with E-state index in [-0.39, 0.29) is 47.2 Å². The van der Waals surface area contributed by atoms with Crippen LogP contribution in [0.5, 0.6) is 0 Å². The molecule has 13 heteroatoms. The average Bonchev–Trinajstić information content (AvgIpc) is 3.40. The van der Waals surface area contributed by atoms with E-state index in [1.165, 1.54) is 23.4 Å². The van der Waals surface area contributed by atoms with Gasteiger partial charge in [-0.1, -0.05) is 64.5 Å². The number of amides is 1. The second kappa shape index (κ2) is 15.9. The molecule has 42 heavy (non-hydrogen) atoms. The van der Waals surface area contributed by atoms with Gasteiger partial charge in [-0.3, -0.25) is 14.5 Å². The topological polar surface area (TPSA) is 120 Å². The molecular formula is C29H33BrN2O8S2. The van der Waals surface area contributed by atoms with E-state index in [4.69, 9.17) is 9.47 Å². The minimum Gasteiger partial charge on any atom is -0.468 e. The zero-order chi connectivity index (χ0) is 30.7. The second-order valence-corrected chi connectivity index (χ2v) is 12.4. The monoisotopic (exact) mass is 680 g/mol. The summed E-state index contributed by atoms with van der Waals surface area (Å²) in [6.45, 7) is -0.0441. The molecule has 1 fully saturated rings. The maximum atomic E-state index is 13.5. The Bertz CT molecular complexity index is 1470. The third-order valence-corrected chi connectivity index (χ3v) is 9.23. The van der Waals surface area contributed by atoms with Crippen LogP contribution in [0.15, 0.2) is 77.7 Å². The maximum absolute atomic E-state index is 13.5. The number of nitrogens with zero attached hydrogens (tertiary/aromatic N) is 2. The van der Waals surface area contributed by atoms with Crippen molar-refractivity contribution in [1.82, 2.24) is 4.31 Å². The number of halogens is 1. The van der Waals surface area contributed by atoms with Gasteiger partial charge >= 0.3 is 18.0 Å². The molecule has 1 aliphatic heterocycles. The Balaban J connectivity index is 0.000000730. The smallest absolute Gasteiger partial charge is 0.414 e. The number of benzene rings is 3. The van der Waals surface area contributed by atoms with Crippen molar-refractivity contribution in [2.45, 2.75) is 29.0 Å².